The van der Waals surface area contributed by atoms with E-state index in [1.54, 1.807) is 12.1 Å². The van der Waals surface area contributed by atoms with E-state index in [2.05, 4.69) is 5.32 Å². The van der Waals surface area contributed by atoms with E-state index in [9.17, 15) is 4.79 Å². The summed E-state index contributed by atoms with van der Waals surface area (Å²) in [5, 5.41) is 12.3. The first kappa shape index (κ1) is 10.2. The maximum atomic E-state index is 10.8. The van der Waals surface area contributed by atoms with Gasteiger partial charge in [-0.25, -0.2) is 4.79 Å². The van der Waals surface area contributed by atoms with Crippen molar-refractivity contribution in [3.05, 3.63) is 34.9 Å². The molecule has 15 heavy (non-hydrogen) atoms. The highest BCUT2D eigenvalue weighted by molar-refractivity contribution is 5.87. The van der Waals surface area contributed by atoms with Crippen LogP contribution in [-0.2, 0) is 0 Å². The lowest BCUT2D eigenvalue weighted by molar-refractivity contribution is 0.0696. The number of benzene rings is 1. The number of nitrogens with one attached hydrogen (secondary N) is 1. The second-order valence-corrected chi connectivity index (χ2v) is 4.03. The minimum absolute atomic E-state index is 0.370. The number of aromatic carboxylic acids is 1. The van der Waals surface area contributed by atoms with Crippen molar-refractivity contribution in [2.75, 3.05) is 6.54 Å². The zero-order chi connectivity index (χ0) is 10.8. The molecule has 2 N–H and O–H groups in total. The van der Waals surface area contributed by atoms with E-state index in [0.717, 1.165) is 18.5 Å². The monoisotopic (exact) mass is 205 g/mol. The predicted molar refractivity (Wildman–Crippen MR) is 58.1 cm³/mol. The summed E-state index contributed by atoms with van der Waals surface area (Å²) in [6, 6.07) is 5.78. The van der Waals surface area contributed by atoms with Gasteiger partial charge >= 0.3 is 5.97 Å². The van der Waals surface area contributed by atoms with Gasteiger partial charge in [-0.05, 0) is 49.6 Å². The number of carboxylic acids is 1. The Morgan fingerprint density at radius 1 is 1.53 bits per heavy atom. The third kappa shape index (κ3) is 2.02. The van der Waals surface area contributed by atoms with Crippen LogP contribution in [0.3, 0.4) is 0 Å². The van der Waals surface area contributed by atoms with Gasteiger partial charge in [0.15, 0.2) is 0 Å². The van der Waals surface area contributed by atoms with E-state index < -0.39 is 5.97 Å². The van der Waals surface area contributed by atoms with Crippen LogP contribution in [-0.4, -0.2) is 17.6 Å². The van der Waals surface area contributed by atoms with Crippen LogP contribution >= 0.6 is 0 Å². The first-order valence-corrected chi connectivity index (χ1v) is 5.25. The average molecular weight is 205 g/mol. The average Bonchev–Trinajstić information content (AvgIpc) is 2.70. The van der Waals surface area contributed by atoms with E-state index in [1.165, 1.54) is 12.0 Å². The number of hydrogen-bond donors (Lipinski definition) is 2. The topological polar surface area (TPSA) is 49.3 Å². The van der Waals surface area contributed by atoms with Crippen LogP contribution < -0.4 is 5.32 Å². The van der Waals surface area contributed by atoms with E-state index >= 15 is 0 Å². The van der Waals surface area contributed by atoms with Crippen molar-refractivity contribution in [2.24, 2.45) is 0 Å². The molecule has 0 spiro atoms. The molecule has 0 unspecified atom stereocenters. The van der Waals surface area contributed by atoms with E-state index in [0.29, 0.717) is 11.6 Å². The summed E-state index contributed by atoms with van der Waals surface area (Å²) in [5.41, 5.74) is 2.67. The highest BCUT2D eigenvalue weighted by atomic mass is 16.4. The Morgan fingerprint density at radius 3 is 2.87 bits per heavy atom. The quantitative estimate of drug-likeness (QED) is 0.777. The van der Waals surface area contributed by atoms with Crippen LogP contribution in [0.15, 0.2) is 18.2 Å². The molecule has 0 aliphatic carbocycles. The summed E-state index contributed by atoms with van der Waals surface area (Å²) in [6.07, 6.45) is 2.35. The molecule has 80 valence electrons. The molecule has 0 amide bonds. The van der Waals surface area contributed by atoms with E-state index in [4.69, 9.17) is 5.11 Å². The van der Waals surface area contributed by atoms with Gasteiger partial charge < -0.3 is 10.4 Å². The Kier molecular flexibility index (Phi) is 2.73. The lowest BCUT2D eigenvalue weighted by Crippen LogP contribution is -2.14. The van der Waals surface area contributed by atoms with E-state index in [-0.39, 0.29) is 0 Å². The number of aryl methyl sites for hydroxylation is 1. The molecule has 1 heterocycles. The highest BCUT2D eigenvalue weighted by Crippen LogP contribution is 2.26. The SMILES string of the molecule is Cc1cc(C(=O)O)ccc1[C@@H]1CCCN1. The van der Waals surface area contributed by atoms with Crippen molar-refractivity contribution in [2.45, 2.75) is 25.8 Å². The van der Waals surface area contributed by atoms with Crippen molar-refractivity contribution < 1.29 is 9.90 Å². The molecule has 1 atom stereocenters. The lowest BCUT2D eigenvalue weighted by Gasteiger charge is -2.14. The van der Waals surface area contributed by atoms with Gasteiger partial charge in [-0.1, -0.05) is 6.07 Å². The smallest absolute Gasteiger partial charge is 0.335 e. The number of rotatable bonds is 2. The van der Waals surface area contributed by atoms with Gasteiger partial charge in [0.2, 0.25) is 0 Å². The maximum Gasteiger partial charge on any atom is 0.335 e. The molecule has 0 aromatic heterocycles. The molecular weight excluding hydrogens is 190 g/mol. The molecular formula is C12H15NO2. The molecule has 1 saturated heterocycles. The third-order valence-electron chi connectivity index (χ3n) is 2.95. The fraction of sp³-hybridized carbons (Fsp3) is 0.417. The number of carbonyl (C=O) groups is 1. The normalized spacial score (nSPS) is 20.5. The van der Waals surface area contributed by atoms with Crippen molar-refractivity contribution in [1.82, 2.24) is 5.32 Å². The second-order valence-electron chi connectivity index (χ2n) is 4.03. The summed E-state index contributed by atoms with van der Waals surface area (Å²) < 4.78 is 0. The molecule has 1 aliphatic heterocycles. The maximum absolute atomic E-state index is 10.8. The summed E-state index contributed by atoms with van der Waals surface area (Å²) in [7, 11) is 0. The lowest BCUT2D eigenvalue weighted by atomic mass is 9.98. The molecule has 3 heteroatoms. The van der Waals surface area contributed by atoms with Crippen LogP contribution in [0.25, 0.3) is 0 Å². The van der Waals surface area contributed by atoms with Gasteiger partial charge in [0, 0.05) is 6.04 Å². The summed E-state index contributed by atoms with van der Waals surface area (Å²) >= 11 is 0. The molecule has 1 aromatic rings. The fourth-order valence-electron chi connectivity index (χ4n) is 2.15. The Morgan fingerprint density at radius 2 is 2.33 bits per heavy atom. The Bertz CT molecular complexity index is 381. The van der Waals surface area contributed by atoms with Crippen LogP contribution in [0, 0.1) is 6.92 Å². The third-order valence-corrected chi connectivity index (χ3v) is 2.95. The van der Waals surface area contributed by atoms with Gasteiger partial charge in [-0.15, -0.1) is 0 Å². The zero-order valence-corrected chi connectivity index (χ0v) is 8.79. The van der Waals surface area contributed by atoms with Crippen molar-refractivity contribution in [3.63, 3.8) is 0 Å². The van der Waals surface area contributed by atoms with Crippen LogP contribution in [0.2, 0.25) is 0 Å². The summed E-state index contributed by atoms with van der Waals surface area (Å²) in [6.45, 7) is 3.03. The first-order chi connectivity index (χ1) is 7.18. The molecule has 1 aliphatic rings. The van der Waals surface area contributed by atoms with Crippen molar-refractivity contribution in [3.8, 4) is 0 Å². The van der Waals surface area contributed by atoms with Gasteiger partial charge in [0.05, 0.1) is 5.56 Å². The van der Waals surface area contributed by atoms with E-state index in [1.807, 2.05) is 13.0 Å². The van der Waals surface area contributed by atoms with Gasteiger partial charge in [0.25, 0.3) is 0 Å². The predicted octanol–water partition coefficient (Wildman–Crippen LogP) is 2.12. The minimum atomic E-state index is -0.857. The van der Waals surface area contributed by atoms with Crippen molar-refractivity contribution >= 4 is 5.97 Å². The Hall–Kier alpha value is -1.35. The van der Waals surface area contributed by atoms with Gasteiger partial charge in [-0.3, -0.25) is 0 Å². The van der Waals surface area contributed by atoms with Gasteiger partial charge in [-0.2, -0.15) is 0 Å². The Balaban J connectivity index is 2.29. The zero-order valence-electron chi connectivity index (χ0n) is 8.79. The molecule has 1 aromatic carbocycles. The minimum Gasteiger partial charge on any atom is -0.478 e. The van der Waals surface area contributed by atoms with Gasteiger partial charge in [0.1, 0.15) is 0 Å². The second kappa shape index (κ2) is 4.03. The molecule has 0 radical (unpaired) electrons. The molecule has 0 bridgehead atoms. The number of carboxylic acid groups (broad SMARTS) is 1. The standard InChI is InChI=1S/C12H15NO2/c1-8-7-9(12(14)15)4-5-10(8)11-3-2-6-13-11/h4-5,7,11,13H,2-3,6H2,1H3,(H,14,15)/t11-/m0/s1. The summed E-state index contributed by atoms with van der Waals surface area (Å²) in [4.78, 5) is 10.8. The molecule has 1 fully saturated rings. The first-order valence-electron chi connectivity index (χ1n) is 5.25. The number of hydrogen-bond acceptors (Lipinski definition) is 2. The highest BCUT2D eigenvalue weighted by Gasteiger charge is 2.18. The fourth-order valence-corrected chi connectivity index (χ4v) is 2.15. The molecule has 0 saturated carbocycles. The van der Waals surface area contributed by atoms with Crippen LogP contribution in [0.1, 0.15) is 40.4 Å². The van der Waals surface area contributed by atoms with Crippen molar-refractivity contribution in [1.29, 1.82) is 0 Å². The Labute approximate surface area is 89.1 Å². The van der Waals surface area contributed by atoms with Crippen LogP contribution in [0.4, 0.5) is 0 Å². The van der Waals surface area contributed by atoms with Crippen LogP contribution in [0.5, 0.6) is 0 Å². The summed E-state index contributed by atoms with van der Waals surface area (Å²) in [5.74, 6) is -0.857. The molecule has 2 rings (SSSR count). The molecule has 3 nitrogen and oxygen atoms in total. The largest absolute Gasteiger partial charge is 0.478 e.